The van der Waals surface area contributed by atoms with Gasteiger partial charge in [0.15, 0.2) is 5.76 Å². The first kappa shape index (κ1) is 16.5. The molecule has 126 valence electrons. The van der Waals surface area contributed by atoms with E-state index in [0.29, 0.717) is 22.7 Å². The predicted octanol–water partition coefficient (Wildman–Crippen LogP) is 2.71. The highest BCUT2D eigenvalue weighted by molar-refractivity contribution is 5.94. The number of nitrogens with one attached hydrogen (secondary N) is 2. The molecule has 3 aromatic rings. The van der Waals surface area contributed by atoms with Gasteiger partial charge in [-0.2, -0.15) is 0 Å². The van der Waals surface area contributed by atoms with Crippen molar-refractivity contribution in [3.8, 4) is 11.1 Å². The average Bonchev–Trinajstić information content (AvgIpc) is 3.15. The van der Waals surface area contributed by atoms with Crippen LogP contribution in [-0.2, 0) is 6.54 Å². The molecule has 0 unspecified atom stereocenters. The molecule has 0 aliphatic rings. The lowest BCUT2D eigenvalue weighted by molar-refractivity contribution is 0.0950. The Morgan fingerprint density at radius 2 is 1.76 bits per heavy atom. The monoisotopic (exact) mass is 334 g/mol. The SMILES string of the molecule is C=C(NN)c1cc(CNC(=O)c2ccc(-c3ccccc3)cc2)no1. The highest BCUT2D eigenvalue weighted by Gasteiger charge is 2.10. The van der Waals surface area contributed by atoms with Crippen LogP contribution in [0.25, 0.3) is 16.8 Å². The second kappa shape index (κ2) is 7.46. The highest BCUT2D eigenvalue weighted by Crippen LogP contribution is 2.19. The summed E-state index contributed by atoms with van der Waals surface area (Å²) < 4.78 is 5.08. The number of nitrogens with two attached hydrogens (primary N) is 1. The first-order chi connectivity index (χ1) is 12.2. The Kier molecular flexibility index (Phi) is 4.92. The lowest BCUT2D eigenvalue weighted by atomic mass is 10.0. The van der Waals surface area contributed by atoms with Crippen LogP contribution in [0.2, 0.25) is 0 Å². The number of benzene rings is 2. The molecule has 0 bridgehead atoms. The molecule has 6 heteroatoms. The molecule has 0 aliphatic heterocycles. The number of hydrogen-bond donors (Lipinski definition) is 3. The Morgan fingerprint density at radius 3 is 2.44 bits per heavy atom. The van der Waals surface area contributed by atoms with E-state index in [1.807, 2.05) is 42.5 Å². The summed E-state index contributed by atoms with van der Waals surface area (Å²) >= 11 is 0. The van der Waals surface area contributed by atoms with Crippen molar-refractivity contribution in [2.75, 3.05) is 0 Å². The Hall–Kier alpha value is -3.38. The van der Waals surface area contributed by atoms with Crippen LogP contribution >= 0.6 is 0 Å². The van der Waals surface area contributed by atoms with Gasteiger partial charge in [0, 0.05) is 11.6 Å². The van der Waals surface area contributed by atoms with Crippen molar-refractivity contribution in [2.45, 2.75) is 6.54 Å². The molecule has 0 fully saturated rings. The highest BCUT2D eigenvalue weighted by atomic mass is 16.5. The lowest BCUT2D eigenvalue weighted by Gasteiger charge is -2.05. The maximum absolute atomic E-state index is 12.2. The molecule has 0 radical (unpaired) electrons. The van der Waals surface area contributed by atoms with E-state index in [0.717, 1.165) is 11.1 Å². The molecule has 3 rings (SSSR count). The van der Waals surface area contributed by atoms with Gasteiger partial charge in [-0.25, -0.2) is 0 Å². The van der Waals surface area contributed by atoms with Crippen molar-refractivity contribution in [1.82, 2.24) is 15.9 Å². The summed E-state index contributed by atoms with van der Waals surface area (Å²) in [6, 6.07) is 19.1. The minimum absolute atomic E-state index is 0.181. The summed E-state index contributed by atoms with van der Waals surface area (Å²) in [5.41, 5.74) is 6.14. The zero-order valence-corrected chi connectivity index (χ0v) is 13.5. The molecule has 1 amide bonds. The van der Waals surface area contributed by atoms with E-state index < -0.39 is 0 Å². The van der Waals surface area contributed by atoms with Crippen LogP contribution in [0.5, 0.6) is 0 Å². The third-order valence-corrected chi connectivity index (χ3v) is 3.71. The molecule has 0 aliphatic carbocycles. The Labute approximate surface area is 145 Å². The van der Waals surface area contributed by atoms with E-state index in [9.17, 15) is 4.79 Å². The summed E-state index contributed by atoms with van der Waals surface area (Å²) in [7, 11) is 0. The molecule has 1 heterocycles. The first-order valence-electron chi connectivity index (χ1n) is 7.72. The fourth-order valence-corrected chi connectivity index (χ4v) is 2.33. The number of nitrogens with zero attached hydrogens (tertiary/aromatic N) is 1. The van der Waals surface area contributed by atoms with Crippen molar-refractivity contribution in [2.24, 2.45) is 5.84 Å². The summed E-state index contributed by atoms with van der Waals surface area (Å²) in [4.78, 5) is 12.2. The molecule has 0 spiro atoms. The van der Waals surface area contributed by atoms with Gasteiger partial charge in [-0.15, -0.1) is 0 Å². The minimum Gasteiger partial charge on any atom is -0.354 e. The lowest BCUT2D eigenvalue weighted by Crippen LogP contribution is -2.22. The molecular formula is C19H18N4O2. The third-order valence-electron chi connectivity index (χ3n) is 3.71. The quantitative estimate of drug-likeness (QED) is 0.476. The van der Waals surface area contributed by atoms with E-state index in [1.54, 1.807) is 18.2 Å². The van der Waals surface area contributed by atoms with Crippen molar-refractivity contribution in [3.63, 3.8) is 0 Å². The number of amides is 1. The maximum Gasteiger partial charge on any atom is 0.251 e. The zero-order valence-electron chi connectivity index (χ0n) is 13.5. The summed E-state index contributed by atoms with van der Waals surface area (Å²) in [6.45, 7) is 3.93. The van der Waals surface area contributed by atoms with Crippen LogP contribution in [0.1, 0.15) is 21.8 Å². The average molecular weight is 334 g/mol. The Morgan fingerprint density at radius 1 is 1.08 bits per heavy atom. The van der Waals surface area contributed by atoms with Gasteiger partial charge in [0.2, 0.25) is 0 Å². The molecule has 25 heavy (non-hydrogen) atoms. The van der Waals surface area contributed by atoms with Crippen molar-refractivity contribution in [1.29, 1.82) is 0 Å². The number of carbonyl (C=O) groups excluding carboxylic acids is 1. The molecule has 0 saturated heterocycles. The first-order valence-corrected chi connectivity index (χ1v) is 7.72. The van der Waals surface area contributed by atoms with Crippen LogP contribution in [0, 0.1) is 0 Å². The number of hydrogen-bond acceptors (Lipinski definition) is 5. The van der Waals surface area contributed by atoms with E-state index in [4.69, 9.17) is 10.4 Å². The second-order valence-electron chi connectivity index (χ2n) is 5.43. The van der Waals surface area contributed by atoms with Crippen molar-refractivity contribution in [3.05, 3.63) is 84.3 Å². The van der Waals surface area contributed by atoms with Crippen LogP contribution in [0.15, 0.2) is 71.8 Å². The standard InChI is InChI=1S/C19H18N4O2/c1-13(22-20)18-11-17(23-25-18)12-21-19(24)16-9-7-15(8-10-16)14-5-3-2-4-6-14/h2-11,22H,1,12,20H2,(H,21,24). The van der Waals surface area contributed by atoms with Gasteiger partial charge in [0.25, 0.3) is 5.91 Å². The number of aromatic nitrogens is 1. The largest absolute Gasteiger partial charge is 0.354 e. The summed E-state index contributed by atoms with van der Waals surface area (Å²) in [6.07, 6.45) is 0. The van der Waals surface area contributed by atoms with Gasteiger partial charge >= 0.3 is 0 Å². The van der Waals surface area contributed by atoms with E-state index in [2.05, 4.69) is 22.5 Å². The maximum atomic E-state index is 12.2. The normalized spacial score (nSPS) is 10.3. The molecular weight excluding hydrogens is 316 g/mol. The summed E-state index contributed by atoms with van der Waals surface area (Å²) in [5, 5.41) is 6.66. The number of rotatable bonds is 6. The fourth-order valence-electron chi connectivity index (χ4n) is 2.33. The molecule has 0 atom stereocenters. The van der Waals surface area contributed by atoms with Crippen LogP contribution in [0.4, 0.5) is 0 Å². The van der Waals surface area contributed by atoms with Crippen molar-refractivity contribution >= 4 is 11.6 Å². The van der Waals surface area contributed by atoms with Gasteiger partial charge in [0.1, 0.15) is 5.69 Å². The Bertz CT molecular complexity index is 870. The van der Waals surface area contributed by atoms with Gasteiger partial charge in [0.05, 0.1) is 12.2 Å². The minimum atomic E-state index is -0.181. The molecule has 4 N–H and O–H groups in total. The zero-order chi connectivity index (χ0) is 17.6. The molecule has 2 aromatic carbocycles. The van der Waals surface area contributed by atoms with Gasteiger partial charge in [-0.05, 0) is 23.3 Å². The third kappa shape index (κ3) is 3.94. The van der Waals surface area contributed by atoms with E-state index in [1.165, 1.54) is 0 Å². The van der Waals surface area contributed by atoms with E-state index >= 15 is 0 Å². The summed E-state index contributed by atoms with van der Waals surface area (Å²) in [5.74, 6) is 5.51. The van der Waals surface area contributed by atoms with Gasteiger partial charge in [-0.3, -0.25) is 10.6 Å². The van der Waals surface area contributed by atoms with Crippen LogP contribution in [-0.4, -0.2) is 11.1 Å². The Balaban J connectivity index is 1.62. The van der Waals surface area contributed by atoms with Gasteiger partial charge in [-0.1, -0.05) is 54.2 Å². The number of carbonyl (C=O) groups is 1. The molecule has 1 aromatic heterocycles. The van der Waals surface area contributed by atoms with E-state index in [-0.39, 0.29) is 12.5 Å². The van der Waals surface area contributed by atoms with Crippen LogP contribution in [0.3, 0.4) is 0 Å². The fraction of sp³-hybridized carbons (Fsp3) is 0.0526. The molecule has 0 saturated carbocycles. The van der Waals surface area contributed by atoms with Crippen molar-refractivity contribution < 1.29 is 9.32 Å². The van der Waals surface area contributed by atoms with Gasteiger partial charge < -0.3 is 15.3 Å². The topological polar surface area (TPSA) is 93.2 Å². The number of hydrazine groups is 1. The van der Waals surface area contributed by atoms with Crippen LogP contribution < -0.4 is 16.6 Å². The smallest absolute Gasteiger partial charge is 0.251 e. The molecule has 6 nitrogen and oxygen atoms in total. The predicted molar refractivity (Wildman–Crippen MR) is 95.9 cm³/mol. The second-order valence-corrected chi connectivity index (χ2v) is 5.43.